The standard InChI is InChI=1S/C15H17BrN2O/c1-15(2,3)18-14(19)17-13-7-5-10-8-12(16)6-4-11(10)9-13/h4-9H,1-3H3,(H2,17,18,19). The molecule has 0 fully saturated rings. The maximum atomic E-state index is 11.8. The van der Waals surface area contributed by atoms with Crippen molar-refractivity contribution >= 4 is 38.4 Å². The number of amides is 2. The summed E-state index contributed by atoms with van der Waals surface area (Å²) in [4.78, 5) is 11.8. The van der Waals surface area contributed by atoms with Crippen LogP contribution in [0.4, 0.5) is 10.5 Å². The fourth-order valence-corrected chi connectivity index (χ4v) is 2.18. The van der Waals surface area contributed by atoms with Gasteiger partial charge in [0.25, 0.3) is 0 Å². The van der Waals surface area contributed by atoms with Crippen LogP contribution < -0.4 is 10.6 Å². The first-order valence-electron chi connectivity index (χ1n) is 6.12. The topological polar surface area (TPSA) is 41.1 Å². The largest absolute Gasteiger partial charge is 0.333 e. The second-order valence-corrected chi connectivity index (χ2v) is 6.45. The molecule has 3 nitrogen and oxygen atoms in total. The Balaban J connectivity index is 2.18. The van der Waals surface area contributed by atoms with Crippen molar-refractivity contribution in [2.45, 2.75) is 26.3 Å². The highest BCUT2D eigenvalue weighted by atomic mass is 79.9. The monoisotopic (exact) mass is 320 g/mol. The Kier molecular flexibility index (Phi) is 3.80. The molecule has 2 N–H and O–H groups in total. The Morgan fingerprint density at radius 2 is 1.68 bits per heavy atom. The minimum Gasteiger partial charge on any atom is -0.333 e. The number of nitrogens with one attached hydrogen (secondary N) is 2. The van der Waals surface area contributed by atoms with Gasteiger partial charge in [-0.2, -0.15) is 0 Å². The Morgan fingerprint density at radius 3 is 2.37 bits per heavy atom. The van der Waals surface area contributed by atoms with E-state index in [2.05, 4.69) is 26.6 Å². The van der Waals surface area contributed by atoms with Crippen LogP contribution in [0, 0.1) is 0 Å². The van der Waals surface area contributed by atoms with Gasteiger partial charge in [0.15, 0.2) is 0 Å². The lowest BCUT2D eigenvalue weighted by Gasteiger charge is -2.20. The predicted molar refractivity (Wildman–Crippen MR) is 83.6 cm³/mol. The lowest BCUT2D eigenvalue weighted by atomic mass is 10.1. The zero-order valence-corrected chi connectivity index (χ0v) is 12.8. The lowest BCUT2D eigenvalue weighted by Crippen LogP contribution is -2.43. The molecule has 0 aliphatic carbocycles. The first-order chi connectivity index (χ1) is 8.83. The highest BCUT2D eigenvalue weighted by Crippen LogP contribution is 2.23. The number of urea groups is 1. The average Bonchev–Trinajstić information content (AvgIpc) is 2.26. The van der Waals surface area contributed by atoms with Gasteiger partial charge in [0.05, 0.1) is 0 Å². The van der Waals surface area contributed by atoms with Crippen molar-refractivity contribution in [3.05, 3.63) is 40.9 Å². The molecule has 2 aromatic carbocycles. The average molecular weight is 321 g/mol. The molecule has 0 radical (unpaired) electrons. The summed E-state index contributed by atoms with van der Waals surface area (Å²) >= 11 is 3.44. The Bertz CT molecular complexity index is 617. The van der Waals surface area contributed by atoms with E-state index < -0.39 is 0 Å². The highest BCUT2D eigenvalue weighted by Gasteiger charge is 2.13. The maximum absolute atomic E-state index is 11.8. The molecule has 0 aromatic heterocycles. The summed E-state index contributed by atoms with van der Waals surface area (Å²) in [5.41, 5.74) is 0.544. The molecule has 2 aromatic rings. The Labute approximate surface area is 121 Å². The van der Waals surface area contributed by atoms with Crippen LogP contribution in [-0.2, 0) is 0 Å². The molecule has 4 heteroatoms. The third-order valence-corrected chi connectivity index (χ3v) is 3.04. The quantitative estimate of drug-likeness (QED) is 0.796. The van der Waals surface area contributed by atoms with Gasteiger partial charge in [-0.25, -0.2) is 4.79 Å². The minimum atomic E-state index is -0.244. The lowest BCUT2D eigenvalue weighted by molar-refractivity contribution is 0.244. The van der Waals surface area contributed by atoms with Gasteiger partial charge in [-0.15, -0.1) is 0 Å². The molecule has 0 bridgehead atoms. The molecular formula is C15H17BrN2O. The zero-order chi connectivity index (χ0) is 14.0. The van der Waals surface area contributed by atoms with Crippen molar-refractivity contribution in [1.82, 2.24) is 5.32 Å². The van der Waals surface area contributed by atoms with E-state index in [-0.39, 0.29) is 11.6 Å². The molecule has 0 aliphatic rings. The number of halogens is 1. The summed E-state index contributed by atoms with van der Waals surface area (Å²) in [5, 5.41) is 7.94. The van der Waals surface area contributed by atoms with E-state index in [1.807, 2.05) is 57.2 Å². The number of anilines is 1. The summed E-state index contributed by atoms with van der Waals surface area (Å²) in [5.74, 6) is 0. The van der Waals surface area contributed by atoms with Gasteiger partial charge in [-0.05, 0) is 55.8 Å². The third kappa shape index (κ3) is 3.96. The smallest absolute Gasteiger partial charge is 0.319 e. The van der Waals surface area contributed by atoms with Crippen LogP contribution in [-0.4, -0.2) is 11.6 Å². The molecule has 0 spiro atoms. The van der Waals surface area contributed by atoms with E-state index in [1.54, 1.807) is 0 Å². The van der Waals surface area contributed by atoms with Crippen LogP contribution >= 0.6 is 15.9 Å². The number of carbonyl (C=O) groups excluding carboxylic acids is 1. The maximum Gasteiger partial charge on any atom is 0.319 e. The summed E-state index contributed by atoms with van der Waals surface area (Å²) in [6.45, 7) is 5.85. The van der Waals surface area contributed by atoms with Crippen LogP contribution in [0.15, 0.2) is 40.9 Å². The number of benzene rings is 2. The number of hydrogen-bond acceptors (Lipinski definition) is 1. The SMILES string of the molecule is CC(C)(C)NC(=O)Nc1ccc2cc(Br)ccc2c1. The van der Waals surface area contributed by atoms with Gasteiger partial charge >= 0.3 is 6.03 Å². The third-order valence-electron chi connectivity index (χ3n) is 2.55. The second kappa shape index (κ2) is 5.21. The van der Waals surface area contributed by atoms with Gasteiger partial charge in [-0.3, -0.25) is 0 Å². The van der Waals surface area contributed by atoms with Crippen LogP contribution in [0.5, 0.6) is 0 Å². The molecule has 0 saturated heterocycles. The first-order valence-corrected chi connectivity index (χ1v) is 6.91. The van der Waals surface area contributed by atoms with Gasteiger partial charge in [0, 0.05) is 15.7 Å². The van der Waals surface area contributed by atoms with E-state index >= 15 is 0 Å². The number of hydrogen-bond donors (Lipinski definition) is 2. The van der Waals surface area contributed by atoms with Gasteiger partial charge in [0.2, 0.25) is 0 Å². The van der Waals surface area contributed by atoms with E-state index in [0.717, 1.165) is 20.9 Å². The van der Waals surface area contributed by atoms with Gasteiger partial charge < -0.3 is 10.6 Å². The fraction of sp³-hybridized carbons (Fsp3) is 0.267. The minimum absolute atomic E-state index is 0.191. The summed E-state index contributed by atoms with van der Waals surface area (Å²) in [7, 11) is 0. The normalized spacial score (nSPS) is 11.4. The molecule has 2 rings (SSSR count). The highest BCUT2D eigenvalue weighted by molar-refractivity contribution is 9.10. The van der Waals surface area contributed by atoms with Crippen molar-refractivity contribution in [2.24, 2.45) is 0 Å². The number of fused-ring (bicyclic) bond motifs is 1. The summed E-state index contributed by atoms with van der Waals surface area (Å²) in [6.07, 6.45) is 0. The molecule has 2 amide bonds. The van der Waals surface area contributed by atoms with E-state index in [1.165, 1.54) is 0 Å². The molecule has 100 valence electrons. The molecule has 0 unspecified atom stereocenters. The fourth-order valence-electron chi connectivity index (χ4n) is 1.80. The van der Waals surface area contributed by atoms with Crippen LogP contribution in [0.2, 0.25) is 0 Å². The van der Waals surface area contributed by atoms with Crippen molar-refractivity contribution in [2.75, 3.05) is 5.32 Å². The van der Waals surface area contributed by atoms with Crippen molar-refractivity contribution in [3.8, 4) is 0 Å². The van der Waals surface area contributed by atoms with Crippen molar-refractivity contribution in [3.63, 3.8) is 0 Å². The molecule has 0 saturated carbocycles. The molecule has 0 heterocycles. The van der Waals surface area contributed by atoms with Crippen molar-refractivity contribution in [1.29, 1.82) is 0 Å². The molecule has 0 aliphatic heterocycles. The van der Waals surface area contributed by atoms with Crippen molar-refractivity contribution < 1.29 is 4.79 Å². The molecule has 0 atom stereocenters. The number of rotatable bonds is 1. The van der Waals surface area contributed by atoms with E-state index in [0.29, 0.717) is 0 Å². The second-order valence-electron chi connectivity index (χ2n) is 5.54. The van der Waals surface area contributed by atoms with Gasteiger partial charge in [0.1, 0.15) is 0 Å². The Hall–Kier alpha value is -1.55. The van der Waals surface area contributed by atoms with E-state index in [9.17, 15) is 4.79 Å². The molecule has 19 heavy (non-hydrogen) atoms. The van der Waals surface area contributed by atoms with Crippen LogP contribution in [0.25, 0.3) is 10.8 Å². The summed E-state index contributed by atoms with van der Waals surface area (Å²) in [6, 6.07) is 11.7. The van der Waals surface area contributed by atoms with Gasteiger partial charge in [-0.1, -0.05) is 28.1 Å². The van der Waals surface area contributed by atoms with Crippen LogP contribution in [0.3, 0.4) is 0 Å². The van der Waals surface area contributed by atoms with Crippen LogP contribution in [0.1, 0.15) is 20.8 Å². The predicted octanol–water partition coefficient (Wildman–Crippen LogP) is 4.52. The Morgan fingerprint density at radius 1 is 1.05 bits per heavy atom. The number of carbonyl (C=O) groups is 1. The molecular weight excluding hydrogens is 304 g/mol. The summed E-state index contributed by atoms with van der Waals surface area (Å²) < 4.78 is 1.05. The zero-order valence-electron chi connectivity index (χ0n) is 11.3. The van der Waals surface area contributed by atoms with E-state index in [4.69, 9.17) is 0 Å². The first kappa shape index (κ1) is 13.9.